The Kier molecular flexibility index (Phi) is 14.1. The van der Waals surface area contributed by atoms with Gasteiger partial charge in [-0.1, -0.05) is 104 Å². The monoisotopic (exact) mass is 638 g/mol. The fourth-order valence-electron chi connectivity index (χ4n) is 6.48. The summed E-state index contributed by atoms with van der Waals surface area (Å²) in [5.74, 6) is -0.446. The molecular formula is C41H54N2O4. The molecule has 3 aromatic rings. The Hall–Kier alpha value is -4.03. The van der Waals surface area contributed by atoms with Crippen LogP contribution in [0.2, 0.25) is 0 Å². The number of hydrogen-bond donors (Lipinski definition) is 1. The Morgan fingerprint density at radius 3 is 2.02 bits per heavy atom. The predicted octanol–water partition coefficient (Wildman–Crippen LogP) is 8.13. The van der Waals surface area contributed by atoms with Crippen LogP contribution in [0.25, 0.3) is 11.1 Å². The highest BCUT2D eigenvalue weighted by molar-refractivity contribution is 5.94. The molecule has 3 rings (SSSR count). The van der Waals surface area contributed by atoms with E-state index in [-0.39, 0.29) is 24.1 Å². The number of hydrogen-bond acceptors (Lipinski definition) is 5. The van der Waals surface area contributed by atoms with Gasteiger partial charge in [0.15, 0.2) is 5.78 Å². The molecule has 1 amide bonds. The molecule has 0 saturated carbocycles. The standard InChI is InChI=1S/C41H54N2O4/c1-7-25-41(39(46)47-8-2,30-33-16-11-9-12-17-33)26-15-20-37(44)36(43(6)38(45)27-31(3)29-40(4,5)42)28-32-21-23-35(24-22-32)34-18-13-10-14-19-34/h9-14,16-19,21-24,27,36H,7-8,15,20,25-26,28-30,42H2,1-6H3/b31-27+/t36-,41?/m1/s1. The molecule has 3 aromatic carbocycles. The number of nitrogens with zero attached hydrogens (tertiary/aromatic N) is 1. The Labute approximate surface area is 282 Å². The van der Waals surface area contributed by atoms with Gasteiger partial charge in [-0.25, -0.2) is 0 Å². The van der Waals surface area contributed by atoms with Gasteiger partial charge < -0.3 is 15.4 Å². The molecule has 0 spiro atoms. The minimum absolute atomic E-state index is 0.0211. The topological polar surface area (TPSA) is 89.7 Å². The van der Waals surface area contributed by atoms with E-state index in [2.05, 4.69) is 31.2 Å². The molecular weight excluding hydrogens is 584 g/mol. The van der Waals surface area contributed by atoms with Gasteiger partial charge in [0.25, 0.3) is 0 Å². The second-order valence-electron chi connectivity index (χ2n) is 13.6. The summed E-state index contributed by atoms with van der Waals surface area (Å²) in [6, 6.07) is 27.7. The van der Waals surface area contributed by atoms with E-state index in [0.717, 1.165) is 34.2 Å². The van der Waals surface area contributed by atoms with Crippen LogP contribution in [-0.2, 0) is 32.0 Å². The van der Waals surface area contributed by atoms with Crippen LogP contribution < -0.4 is 5.73 Å². The zero-order chi connectivity index (χ0) is 34.5. The van der Waals surface area contributed by atoms with Crippen molar-refractivity contribution in [2.24, 2.45) is 11.1 Å². The zero-order valence-corrected chi connectivity index (χ0v) is 29.3. The lowest BCUT2D eigenvalue weighted by molar-refractivity contribution is -0.156. The molecule has 0 aliphatic rings. The predicted molar refractivity (Wildman–Crippen MR) is 192 cm³/mol. The molecule has 0 aliphatic heterocycles. The lowest BCUT2D eigenvalue weighted by atomic mass is 9.73. The van der Waals surface area contributed by atoms with Crippen LogP contribution in [0.4, 0.5) is 0 Å². The van der Waals surface area contributed by atoms with Gasteiger partial charge >= 0.3 is 5.97 Å². The van der Waals surface area contributed by atoms with Gasteiger partial charge in [-0.2, -0.15) is 0 Å². The van der Waals surface area contributed by atoms with Gasteiger partial charge in [-0.15, -0.1) is 0 Å². The molecule has 0 aromatic heterocycles. The van der Waals surface area contributed by atoms with Gasteiger partial charge in [-0.3, -0.25) is 14.4 Å². The number of nitrogens with two attached hydrogens (primary N) is 1. The molecule has 0 aliphatic carbocycles. The molecule has 2 N–H and O–H groups in total. The highest BCUT2D eigenvalue weighted by Gasteiger charge is 2.39. The normalized spacial score (nSPS) is 13.8. The van der Waals surface area contributed by atoms with Crippen molar-refractivity contribution in [1.82, 2.24) is 4.90 Å². The first-order chi connectivity index (χ1) is 22.4. The minimum atomic E-state index is -0.717. The lowest BCUT2D eigenvalue weighted by Gasteiger charge is -2.32. The SMILES string of the molecule is CCCC(CCCC(=O)[C@@H](Cc1ccc(-c2ccccc2)cc1)N(C)C(=O)/C=C(\C)CC(C)(C)N)(Cc1ccccc1)C(=O)OCC. The van der Waals surface area contributed by atoms with Gasteiger partial charge in [0.1, 0.15) is 0 Å². The number of carbonyl (C=O) groups is 3. The summed E-state index contributed by atoms with van der Waals surface area (Å²) in [6.07, 6.45) is 5.92. The maximum Gasteiger partial charge on any atom is 0.312 e. The lowest BCUT2D eigenvalue weighted by Crippen LogP contribution is -2.43. The van der Waals surface area contributed by atoms with Crippen LogP contribution in [0.1, 0.15) is 84.3 Å². The third-order valence-corrected chi connectivity index (χ3v) is 8.68. The number of ether oxygens (including phenoxy) is 1. The number of rotatable bonds is 18. The van der Waals surface area contributed by atoms with E-state index in [9.17, 15) is 14.4 Å². The van der Waals surface area contributed by atoms with E-state index >= 15 is 0 Å². The number of benzene rings is 3. The molecule has 0 heterocycles. The van der Waals surface area contributed by atoms with Crippen LogP contribution >= 0.6 is 0 Å². The third-order valence-electron chi connectivity index (χ3n) is 8.68. The molecule has 0 saturated heterocycles. The summed E-state index contributed by atoms with van der Waals surface area (Å²) in [7, 11) is 1.70. The van der Waals surface area contributed by atoms with Gasteiger partial charge in [-0.05, 0) is 88.5 Å². The van der Waals surface area contributed by atoms with Gasteiger partial charge in [0.05, 0.1) is 18.1 Å². The van der Waals surface area contributed by atoms with Gasteiger partial charge in [0.2, 0.25) is 5.91 Å². The van der Waals surface area contributed by atoms with E-state index in [1.165, 1.54) is 0 Å². The molecule has 1 unspecified atom stereocenters. The fourth-order valence-corrected chi connectivity index (χ4v) is 6.48. The van der Waals surface area contributed by atoms with Crippen LogP contribution in [0.5, 0.6) is 0 Å². The Morgan fingerprint density at radius 1 is 0.851 bits per heavy atom. The number of amides is 1. The molecule has 6 nitrogen and oxygen atoms in total. The maximum absolute atomic E-state index is 14.0. The summed E-state index contributed by atoms with van der Waals surface area (Å²) in [4.78, 5) is 42.6. The first-order valence-electron chi connectivity index (χ1n) is 17.0. The second kappa shape index (κ2) is 17.8. The maximum atomic E-state index is 14.0. The number of Topliss-reactive ketones (excluding diaryl/α,β-unsaturated/α-hetero) is 1. The van der Waals surface area contributed by atoms with Crippen molar-refractivity contribution in [3.63, 3.8) is 0 Å². The molecule has 0 bridgehead atoms. The van der Waals surface area contributed by atoms with Crippen molar-refractivity contribution in [3.05, 3.63) is 108 Å². The molecule has 6 heteroatoms. The first kappa shape index (κ1) is 37.4. The van der Waals surface area contributed by atoms with E-state index in [1.54, 1.807) is 18.0 Å². The molecule has 2 atom stereocenters. The summed E-state index contributed by atoms with van der Waals surface area (Å²) in [6.45, 7) is 9.97. The molecule has 0 radical (unpaired) electrons. The van der Waals surface area contributed by atoms with E-state index in [4.69, 9.17) is 10.5 Å². The average molecular weight is 639 g/mol. The van der Waals surface area contributed by atoms with Crippen molar-refractivity contribution < 1.29 is 19.1 Å². The Morgan fingerprint density at radius 2 is 1.45 bits per heavy atom. The summed E-state index contributed by atoms with van der Waals surface area (Å²) in [5.41, 5.74) is 10.2. The number of ketones is 1. The molecule has 252 valence electrons. The van der Waals surface area contributed by atoms with Crippen molar-refractivity contribution in [1.29, 1.82) is 0 Å². The molecule has 47 heavy (non-hydrogen) atoms. The van der Waals surface area contributed by atoms with Crippen molar-refractivity contribution >= 4 is 17.7 Å². The summed E-state index contributed by atoms with van der Waals surface area (Å²) < 4.78 is 5.61. The van der Waals surface area contributed by atoms with Crippen molar-refractivity contribution in [2.45, 2.75) is 97.6 Å². The Bertz CT molecular complexity index is 1460. The van der Waals surface area contributed by atoms with E-state index in [1.807, 2.05) is 88.4 Å². The Balaban J connectivity index is 1.85. The fraction of sp³-hybridized carbons (Fsp3) is 0.439. The highest BCUT2D eigenvalue weighted by atomic mass is 16.5. The third kappa shape index (κ3) is 11.6. The smallest absolute Gasteiger partial charge is 0.312 e. The highest BCUT2D eigenvalue weighted by Crippen LogP contribution is 2.36. The zero-order valence-electron chi connectivity index (χ0n) is 29.3. The minimum Gasteiger partial charge on any atom is -0.466 e. The quantitative estimate of drug-likeness (QED) is 0.112. The summed E-state index contributed by atoms with van der Waals surface area (Å²) >= 11 is 0. The molecule has 0 fully saturated rings. The van der Waals surface area contributed by atoms with Crippen molar-refractivity contribution in [3.8, 4) is 11.1 Å². The van der Waals surface area contributed by atoms with E-state index < -0.39 is 17.0 Å². The average Bonchev–Trinajstić information content (AvgIpc) is 3.03. The van der Waals surface area contributed by atoms with Crippen LogP contribution in [0.15, 0.2) is 96.6 Å². The van der Waals surface area contributed by atoms with Crippen LogP contribution in [0.3, 0.4) is 0 Å². The summed E-state index contributed by atoms with van der Waals surface area (Å²) in [5, 5.41) is 0. The number of esters is 1. The largest absolute Gasteiger partial charge is 0.466 e. The first-order valence-corrected chi connectivity index (χ1v) is 17.0. The second-order valence-corrected chi connectivity index (χ2v) is 13.6. The van der Waals surface area contributed by atoms with Gasteiger partial charge in [0, 0.05) is 25.1 Å². The van der Waals surface area contributed by atoms with E-state index in [0.29, 0.717) is 45.1 Å². The van der Waals surface area contributed by atoms with Crippen LogP contribution in [-0.4, -0.2) is 47.8 Å². The number of carbonyl (C=O) groups excluding carboxylic acids is 3. The number of likely N-dealkylation sites (N-methyl/N-ethyl adjacent to an activating group) is 1. The van der Waals surface area contributed by atoms with Crippen molar-refractivity contribution in [2.75, 3.05) is 13.7 Å². The van der Waals surface area contributed by atoms with Crippen LogP contribution in [0, 0.1) is 5.41 Å².